The summed E-state index contributed by atoms with van der Waals surface area (Å²) in [6.45, 7) is 0.376. The van der Waals surface area contributed by atoms with Crippen LogP contribution in [-0.4, -0.2) is 24.3 Å². The van der Waals surface area contributed by atoms with Crippen molar-refractivity contribution in [3.63, 3.8) is 0 Å². The van der Waals surface area contributed by atoms with Gasteiger partial charge in [-0.3, -0.25) is 4.79 Å². The summed E-state index contributed by atoms with van der Waals surface area (Å²) in [5.74, 6) is 0.460. The van der Waals surface area contributed by atoms with Crippen LogP contribution in [0.15, 0.2) is 86.8 Å². The van der Waals surface area contributed by atoms with Crippen LogP contribution in [0.2, 0.25) is 0 Å². The minimum Gasteiger partial charge on any atom is -0.507 e. The Hall–Kier alpha value is -3.36. The minimum atomic E-state index is -0.514. The molecule has 4 aromatic rings. The Bertz CT molecular complexity index is 1370. The maximum Gasteiger partial charge on any atom is 0.275 e. The van der Waals surface area contributed by atoms with Gasteiger partial charge < -0.3 is 14.6 Å². The number of hydrogen-bond acceptors (Lipinski definition) is 5. The number of rotatable bonds is 7. The quantitative estimate of drug-likeness (QED) is 0.194. The molecule has 0 aromatic heterocycles. The number of methoxy groups -OCH3 is 1. The molecule has 34 heavy (non-hydrogen) atoms. The van der Waals surface area contributed by atoms with E-state index in [0.29, 0.717) is 28.1 Å². The van der Waals surface area contributed by atoms with Crippen LogP contribution in [0, 0.1) is 0 Å². The third-order valence-electron chi connectivity index (χ3n) is 5.04. The number of aromatic hydroxyl groups is 1. The number of carbonyl (C=O) groups excluding carboxylic acids is 1. The lowest BCUT2D eigenvalue weighted by Gasteiger charge is -2.13. The topological polar surface area (TPSA) is 80.2 Å². The van der Waals surface area contributed by atoms with Gasteiger partial charge in [0.15, 0.2) is 11.5 Å². The van der Waals surface area contributed by atoms with Crippen LogP contribution < -0.4 is 14.9 Å². The summed E-state index contributed by atoms with van der Waals surface area (Å²) in [7, 11) is 1.56. The molecule has 8 heteroatoms. The van der Waals surface area contributed by atoms with Crippen molar-refractivity contribution in [3.8, 4) is 17.2 Å². The molecule has 6 nitrogen and oxygen atoms in total. The molecule has 0 radical (unpaired) electrons. The number of phenolic OH excluding ortho intramolecular Hbond substituents is 1. The summed E-state index contributed by atoms with van der Waals surface area (Å²) < 4.78 is 13.1. The van der Waals surface area contributed by atoms with Crippen molar-refractivity contribution in [1.29, 1.82) is 0 Å². The molecular weight excluding hydrogens is 564 g/mol. The number of benzene rings is 4. The van der Waals surface area contributed by atoms with E-state index in [1.807, 2.05) is 54.6 Å². The van der Waals surface area contributed by atoms with Crippen molar-refractivity contribution in [2.45, 2.75) is 6.61 Å². The average Bonchev–Trinajstić information content (AvgIpc) is 2.83. The molecule has 2 N–H and O–H groups in total. The molecule has 1 amide bonds. The van der Waals surface area contributed by atoms with Crippen molar-refractivity contribution in [3.05, 3.63) is 98.4 Å². The van der Waals surface area contributed by atoms with E-state index < -0.39 is 5.91 Å². The van der Waals surface area contributed by atoms with Gasteiger partial charge in [-0.05, 0) is 74.2 Å². The second-order valence-electron chi connectivity index (χ2n) is 7.36. The minimum absolute atomic E-state index is 0.108. The van der Waals surface area contributed by atoms with Crippen LogP contribution in [0.4, 0.5) is 0 Å². The highest BCUT2D eigenvalue weighted by molar-refractivity contribution is 9.10. The van der Waals surface area contributed by atoms with Gasteiger partial charge in [-0.2, -0.15) is 5.10 Å². The van der Waals surface area contributed by atoms with Crippen LogP contribution in [0.1, 0.15) is 21.5 Å². The molecule has 0 bridgehead atoms. The predicted octanol–water partition coefficient (Wildman–Crippen LogP) is 6.42. The highest BCUT2D eigenvalue weighted by atomic mass is 79.9. The van der Waals surface area contributed by atoms with Gasteiger partial charge in [-0.25, -0.2) is 5.43 Å². The molecule has 0 spiro atoms. The average molecular weight is 584 g/mol. The molecule has 0 unspecified atom stereocenters. The van der Waals surface area contributed by atoms with Crippen LogP contribution in [-0.2, 0) is 6.61 Å². The smallest absolute Gasteiger partial charge is 0.275 e. The predicted molar refractivity (Wildman–Crippen MR) is 140 cm³/mol. The Kier molecular flexibility index (Phi) is 7.49. The third kappa shape index (κ3) is 5.58. The molecular formula is C26H20Br2N2O4. The first-order chi connectivity index (χ1) is 16.4. The van der Waals surface area contributed by atoms with Gasteiger partial charge in [0.2, 0.25) is 0 Å². The van der Waals surface area contributed by atoms with Crippen molar-refractivity contribution >= 4 is 54.8 Å². The summed E-state index contributed by atoms with van der Waals surface area (Å²) in [5.41, 5.74) is 4.30. The van der Waals surface area contributed by atoms with Gasteiger partial charge in [0.1, 0.15) is 12.4 Å². The molecule has 4 aromatic carbocycles. The van der Waals surface area contributed by atoms with Crippen LogP contribution in [0.5, 0.6) is 17.2 Å². The normalized spacial score (nSPS) is 11.0. The van der Waals surface area contributed by atoms with Gasteiger partial charge in [0.25, 0.3) is 5.91 Å². The molecule has 0 fully saturated rings. The zero-order valence-electron chi connectivity index (χ0n) is 18.1. The summed E-state index contributed by atoms with van der Waals surface area (Å²) in [5, 5.41) is 16.0. The van der Waals surface area contributed by atoms with Gasteiger partial charge in [0, 0.05) is 4.47 Å². The number of fused-ring (bicyclic) bond motifs is 1. The number of hydrogen-bond donors (Lipinski definition) is 2. The number of nitrogens with zero attached hydrogens (tertiary/aromatic N) is 1. The Balaban J connectivity index is 1.46. The number of nitrogens with one attached hydrogen (secondary N) is 1. The highest BCUT2D eigenvalue weighted by Gasteiger charge is 2.13. The van der Waals surface area contributed by atoms with Crippen LogP contribution in [0.25, 0.3) is 10.8 Å². The van der Waals surface area contributed by atoms with E-state index in [0.717, 1.165) is 20.8 Å². The monoisotopic (exact) mass is 582 g/mol. The molecule has 0 aliphatic carbocycles. The van der Waals surface area contributed by atoms with E-state index in [2.05, 4.69) is 42.4 Å². The number of hydrazone groups is 1. The lowest BCUT2D eigenvalue weighted by atomic mass is 10.1. The third-order valence-corrected chi connectivity index (χ3v) is 6.15. The zero-order valence-corrected chi connectivity index (χ0v) is 21.3. The van der Waals surface area contributed by atoms with E-state index in [1.165, 1.54) is 6.21 Å². The fourth-order valence-electron chi connectivity index (χ4n) is 3.33. The first-order valence-electron chi connectivity index (χ1n) is 10.2. The SMILES string of the molecule is COc1cc(C=NNC(=O)c2cc3ccccc3cc2O)cc(Br)c1OCc1ccc(Br)cc1. The molecule has 0 atom stereocenters. The molecule has 0 aliphatic heterocycles. The number of halogens is 2. The number of amides is 1. The first kappa shape index (κ1) is 23.8. The van der Waals surface area contributed by atoms with E-state index >= 15 is 0 Å². The fourth-order valence-corrected chi connectivity index (χ4v) is 4.16. The van der Waals surface area contributed by atoms with E-state index in [9.17, 15) is 9.90 Å². The summed E-state index contributed by atoms with van der Waals surface area (Å²) in [4.78, 5) is 12.5. The second-order valence-corrected chi connectivity index (χ2v) is 9.13. The van der Waals surface area contributed by atoms with Gasteiger partial charge in [0.05, 0.1) is 23.4 Å². The zero-order chi connectivity index (χ0) is 24.1. The van der Waals surface area contributed by atoms with E-state index in [1.54, 1.807) is 25.3 Å². The summed E-state index contributed by atoms with van der Waals surface area (Å²) in [6.07, 6.45) is 1.49. The maximum absolute atomic E-state index is 12.5. The fraction of sp³-hybridized carbons (Fsp3) is 0.0769. The molecule has 0 saturated heterocycles. The number of ether oxygens (including phenoxy) is 2. The molecule has 0 heterocycles. The van der Waals surface area contributed by atoms with Gasteiger partial charge in [-0.15, -0.1) is 0 Å². The van der Waals surface area contributed by atoms with Crippen molar-refractivity contribution in [2.24, 2.45) is 5.10 Å². The van der Waals surface area contributed by atoms with Crippen LogP contribution >= 0.6 is 31.9 Å². The molecule has 4 rings (SSSR count). The lowest BCUT2D eigenvalue weighted by molar-refractivity contribution is 0.0952. The standard InChI is InChI=1S/C26H20Br2N2O4/c1-33-24-11-17(10-22(28)25(24)34-15-16-6-8-20(27)9-7-16)14-29-30-26(32)21-12-18-4-2-3-5-19(18)13-23(21)31/h2-14,31H,15H2,1H3,(H,30,32). The number of carbonyl (C=O) groups is 1. The van der Waals surface area contributed by atoms with Crippen molar-refractivity contribution in [1.82, 2.24) is 5.43 Å². The maximum atomic E-state index is 12.5. The lowest BCUT2D eigenvalue weighted by Crippen LogP contribution is -2.17. The van der Waals surface area contributed by atoms with Crippen molar-refractivity contribution in [2.75, 3.05) is 7.11 Å². The summed E-state index contributed by atoms with van der Waals surface area (Å²) >= 11 is 6.94. The largest absolute Gasteiger partial charge is 0.507 e. The van der Waals surface area contributed by atoms with E-state index in [4.69, 9.17) is 9.47 Å². The summed E-state index contributed by atoms with van der Waals surface area (Å²) in [6, 6.07) is 22.1. The Morgan fingerprint density at radius 3 is 2.44 bits per heavy atom. The molecule has 172 valence electrons. The first-order valence-corrected chi connectivity index (χ1v) is 11.8. The van der Waals surface area contributed by atoms with Crippen LogP contribution in [0.3, 0.4) is 0 Å². The van der Waals surface area contributed by atoms with Gasteiger partial charge in [-0.1, -0.05) is 52.3 Å². The highest BCUT2D eigenvalue weighted by Crippen LogP contribution is 2.37. The van der Waals surface area contributed by atoms with E-state index in [-0.39, 0.29) is 11.3 Å². The molecule has 0 aliphatic rings. The van der Waals surface area contributed by atoms with Gasteiger partial charge >= 0.3 is 0 Å². The van der Waals surface area contributed by atoms with Crippen molar-refractivity contribution < 1.29 is 19.4 Å². The second kappa shape index (κ2) is 10.7. The number of phenols is 1. The molecule has 0 saturated carbocycles. The Morgan fingerprint density at radius 2 is 1.74 bits per heavy atom. The Labute approximate surface area is 213 Å². The Morgan fingerprint density at radius 1 is 1.03 bits per heavy atom.